The number of rotatable bonds is 1. The summed E-state index contributed by atoms with van der Waals surface area (Å²) in [6.45, 7) is 6.28. The van der Waals surface area contributed by atoms with Crippen molar-refractivity contribution in [1.82, 2.24) is 0 Å². The molecule has 0 saturated carbocycles. The Labute approximate surface area is 77.6 Å². The molecule has 0 spiro atoms. The first-order valence-corrected chi connectivity index (χ1v) is 7.87. The topological polar surface area (TPSA) is 0 Å². The summed E-state index contributed by atoms with van der Waals surface area (Å²) >= 11 is 0. The highest BCUT2D eigenvalue weighted by molar-refractivity contribution is 6.89. The molecule has 1 aromatic carbocycles. The van der Waals surface area contributed by atoms with E-state index in [-0.39, 0.29) is 5.56 Å². The number of hydrogen-bond acceptors (Lipinski definition) is 0. The summed E-state index contributed by atoms with van der Waals surface area (Å²) in [6, 6.07) is 5.12. The maximum atomic E-state index is 13.1. The molecule has 2 rings (SSSR count). The summed E-state index contributed by atoms with van der Waals surface area (Å²) in [7, 11) is -1.59. The van der Waals surface area contributed by atoms with Gasteiger partial charge >= 0.3 is 0 Å². The predicted octanol–water partition coefficient (Wildman–Crippen LogP) is 2.69. The van der Waals surface area contributed by atoms with Crippen LogP contribution in [-0.4, -0.2) is 8.07 Å². The first-order chi connectivity index (χ1) is 5.85. The van der Waals surface area contributed by atoms with Crippen molar-refractivity contribution in [2.45, 2.75) is 25.6 Å². The summed E-state index contributed by atoms with van der Waals surface area (Å²) < 4.78 is 26.3. The highest BCUT2D eigenvalue weighted by atomic mass is 28.3. The minimum Gasteiger partial charge on any atom is -0.196 e. The van der Waals surface area contributed by atoms with Crippen molar-refractivity contribution in [3.05, 3.63) is 29.3 Å². The number of hydrogen-bond donors (Lipinski definition) is 0. The molecule has 0 nitrogen and oxygen atoms in total. The molecule has 0 aliphatic heterocycles. The summed E-state index contributed by atoms with van der Waals surface area (Å²) in [5.41, 5.74) is 0.557. The van der Waals surface area contributed by atoms with Crippen molar-refractivity contribution in [3.8, 4) is 0 Å². The van der Waals surface area contributed by atoms with E-state index in [0.717, 1.165) is 5.19 Å². The zero-order chi connectivity index (χ0) is 9.85. The van der Waals surface area contributed by atoms with E-state index in [0.29, 0.717) is 5.56 Å². The lowest BCUT2D eigenvalue weighted by Crippen LogP contribution is -2.38. The molecule has 13 heavy (non-hydrogen) atoms. The van der Waals surface area contributed by atoms with Gasteiger partial charge in [0.25, 0.3) is 5.92 Å². The van der Waals surface area contributed by atoms with Gasteiger partial charge in [0.15, 0.2) is 0 Å². The van der Waals surface area contributed by atoms with E-state index in [2.05, 4.69) is 19.6 Å². The predicted molar refractivity (Wildman–Crippen MR) is 52.4 cm³/mol. The van der Waals surface area contributed by atoms with E-state index >= 15 is 0 Å². The van der Waals surface area contributed by atoms with Crippen LogP contribution in [0.25, 0.3) is 0 Å². The second kappa shape index (κ2) is 2.21. The second-order valence-corrected chi connectivity index (χ2v) is 9.59. The minimum atomic E-state index is -2.61. The smallest absolute Gasteiger partial charge is 0.196 e. The van der Waals surface area contributed by atoms with Crippen LogP contribution in [0.3, 0.4) is 0 Å². The fraction of sp³-hybridized carbons (Fsp3) is 0.400. The molecule has 0 unspecified atom stereocenters. The maximum Gasteiger partial charge on any atom is 0.299 e. The van der Waals surface area contributed by atoms with Crippen LogP contribution in [0.4, 0.5) is 8.78 Å². The van der Waals surface area contributed by atoms with Crippen LogP contribution in [0.15, 0.2) is 18.2 Å². The highest BCUT2D eigenvalue weighted by Gasteiger charge is 2.55. The zero-order valence-corrected chi connectivity index (χ0v) is 8.99. The highest BCUT2D eigenvalue weighted by Crippen LogP contribution is 2.51. The monoisotopic (exact) mass is 198 g/mol. The standard InChI is InChI=1S/C10H12F2Si/c1-13(2,3)8-6-4-5-7-9(8)10(7,11)12/h4-6H,1-3H3. The van der Waals surface area contributed by atoms with Gasteiger partial charge in [-0.2, -0.15) is 8.78 Å². The third kappa shape index (κ3) is 1.14. The number of halogens is 2. The molecule has 0 heterocycles. The van der Waals surface area contributed by atoms with E-state index in [9.17, 15) is 8.78 Å². The quantitative estimate of drug-likeness (QED) is 0.609. The van der Waals surface area contributed by atoms with Crippen molar-refractivity contribution >= 4 is 13.3 Å². The maximum absolute atomic E-state index is 13.1. The molecule has 0 saturated heterocycles. The van der Waals surface area contributed by atoms with Crippen LogP contribution in [-0.2, 0) is 5.92 Å². The lowest BCUT2D eigenvalue weighted by Gasteiger charge is -2.15. The Morgan fingerprint density at radius 3 is 2.23 bits per heavy atom. The van der Waals surface area contributed by atoms with E-state index in [1.165, 1.54) is 6.07 Å². The van der Waals surface area contributed by atoms with Crippen molar-refractivity contribution in [2.24, 2.45) is 0 Å². The average Bonchev–Trinajstić information content (AvgIpc) is 2.54. The van der Waals surface area contributed by atoms with E-state index in [4.69, 9.17) is 0 Å². The molecule has 0 bridgehead atoms. The van der Waals surface area contributed by atoms with Gasteiger partial charge < -0.3 is 0 Å². The fourth-order valence-electron chi connectivity index (χ4n) is 1.70. The molecule has 1 aliphatic carbocycles. The first kappa shape index (κ1) is 8.88. The van der Waals surface area contributed by atoms with Gasteiger partial charge in [-0.05, 0) is 0 Å². The van der Waals surface area contributed by atoms with Crippen molar-refractivity contribution in [3.63, 3.8) is 0 Å². The summed E-state index contributed by atoms with van der Waals surface area (Å²) in [4.78, 5) is 0. The summed E-state index contributed by atoms with van der Waals surface area (Å²) in [6.07, 6.45) is 0. The SMILES string of the molecule is C[Si](C)(C)c1cccc2c1C2(F)F. The van der Waals surface area contributed by atoms with E-state index in [1.807, 2.05) is 6.07 Å². The molecule has 3 heteroatoms. The number of alkyl halides is 2. The molecular weight excluding hydrogens is 186 g/mol. The first-order valence-electron chi connectivity index (χ1n) is 4.37. The minimum absolute atomic E-state index is 0.243. The van der Waals surface area contributed by atoms with Crippen LogP contribution in [0.1, 0.15) is 11.1 Å². The normalized spacial score (nSPS) is 18.2. The fourth-order valence-corrected chi connectivity index (χ4v) is 3.34. The average molecular weight is 198 g/mol. The third-order valence-corrected chi connectivity index (χ3v) is 4.49. The van der Waals surface area contributed by atoms with Crippen molar-refractivity contribution in [1.29, 1.82) is 0 Å². The molecule has 0 atom stereocenters. The summed E-state index contributed by atoms with van der Waals surface area (Å²) in [5, 5.41) is 0.912. The van der Waals surface area contributed by atoms with Gasteiger partial charge in [-0.15, -0.1) is 0 Å². The summed E-state index contributed by atoms with van der Waals surface area (Å²) in [5.74, 6) is -2.61. The molecule has 1 aromatic rings. The molecule has 0 fully saturated rings. The van der Waals surface area contributed by atoms with Crippen LogP contribution < -0.4 is 5.19 Å². The lowest BCUT2D eigenvalue weighted by molar-refractivity contribution is 0.0995. The largest absolute Gasteiger partial charge is 0.299 e. The second-order valence-electron chi connectivity index (χ2n) is 4.55. The van der Waals surface area contributed by atoms with Crippen molar-refractivity contribution < 1.29 is 8.78 Å². The molecule has 0 N–H and O–H groups in total. The van der Waals surface area contributed by atoms with Crippen LogP contribution in [0, 0.1) is 0 Å². The van der Waals surface area contributed by atoms with Gasteiger partial charge in [-0.1, -0.05) is 43.0 Å². The molecule has 0 radical (unpaired) electrons. The Hall–Kier alpha value is -0.703. The van der Waals surface area contributed by atoms with E-state index in [1.54, 1.807) is 6.07 Å². The molecule has 1 aliphatic rings. The lowest BCUT2D eigenvalue weighted by atomic mass is 10.4. The van der Waals surface area contributed by atoms with Crippen LogP contribution >= 0.6 is 0 Å². The Morgan fingerprint density at radius 2 is 1.77 bits per heavy atom. The van der Waals surface area contributed by atoms with Gasteiger partial charge in [0.1, 0.15) is 0 Å². The van der Waals surface area contributed by atoms with Gasteiger partial charge in [0.05, 0.1) is 8.07 Å². The number of benzene rings is 1. The Bertz CT molecular complexity index is 364. The Kier molecular flexibility index (Phi) is 1.51. The van der Waals surface area contributed by atoms with Crippen molar-refractivity contribution in [2.75, 3.05) is 0 Å². The third-order valence-electron chi connectivity index (χ3n) is 2.46. The van der Waals surface area contributed by atoms with Gasteiger partial charge in [0.2, 0.25) is 0 Å². The van der Waals surface area contributed by atoms with Gasteiger partial charge in [-0.25, -0.2) is 0 Å². The van der Waals surface area contributed by atoms with Gasteiger partial charge in [-0.3, -0.25) is 0 Å². The Morgan fingerprint density at radius 1 is 1.15 bits per heavy atom. The van der Waals surface area contributed by atoms with E-state index < -0.39 is 14.0 Å². The molecular formula is C10H12F2Si. The van der Waals surface area contributed by atoms with Crippen LogP contribution in [0.5, 0.6) is 0 Å². The van der Waals surface area contributed by atoms with Crippen LogP contribution in [0.2, 0.25) is 19.6 Å². The number of fused-ring (bicyclic) bond motifs is 1. The Balaban J connectivity index is 2.56. The zero-order valence-electron chi connectivity index (χ0n) is 7.99. The molecule has 70 valence electrons. The van der Waals surface area contributed by atoms with Gasteiger partial charge in [0, 0.05) is 11.1 Å². The molecule has 0 amide bonds. The molecule has 0 aromatic heterocycles.